The number of likely N-dealkylation sites (tertiary alicyclic amines) is 1. The second kappa shape index (κ2) is 9.63. The molecule has 0 radical (unpaired) electrons. The van der Waals surface area contributed by atoms with Gasteiger partial charge in [-0.15, -0.1) is 0 Å². The molecule has 2 atom stereocenters. The molecule has 1 amide bonds. The van der Waals surface area contributed by atoms with Crippen molar-refractivity contribution in [3.8, 4) is 0 Å². The summed E-state index contributed by atoms with van der Waals surface area (Å²) in [6, 6.07) is 9.13. The fourth-order valence-electron chi connectivity index (χ4n) is 5.82. The first-order valence-electron chi connectivity index (χ1n) is 13.2. The Labute approximate surface area is 221 Å². The molecule has 6 rings (SSSR count). The molecule has 8 nitrogen and oxygen atoms in total. The maximum atomic E-state index is 15.4. The van der Waals surface area contributed by atoms with E-state index >= 15 is 4.39 Å². The zero-order chi connectivity index (χ0) is 26.6. The van der Waals surface area contributed by atoms with Crippen LogP contribution in [0.1, 0.15) is 52.9 Å². The van der Waals surface area contributed by atoms with Gasteiger partial charge in [0.1, 0.15) is 11.6 Å². The van der Waals surface area contributed by atoms with E-state index < -0.39 is 5.82 Å². The first-order valence-corrected chi connectivity index (χ1v) is 13.2. The highest BCUT2D eigenvalue weighted by atomic mass is 19.1. The molecule has 2 aromatic carbocycles. The van der Waals surface area contributed by atoms with E-state index in [4.69, 9.17) is 10.5 Å². The number of fused-ring (bicyclic) bond motifs is 4. The first kappa shape index (κ1) is 24.8. The monoisotopic (exact) mass is 516 g/mol. The van der Waals surface area contributed by atoms with Gasteiger partial charge in [-0.2, -0.15) is 5.10 Å². The van der Waals surface area contributed by atoms with Crippen molar-refractivity contribution in [2.45, 2.75) is 45.6 Å². The zero-order valence-corrected chi connectivity index (χ0v) is 22.1. The molecule has 2 aromatic heterocycles. The topological polar surface area (TPSA) is 89.5 Å². The van der Waals surface area contributed by atoms with Crippen LogP contribution in [-0.2, 0) is 24.5 Å². The SMILES string of the molecule is C[C@@H]1CC[C@@H](c2ccc3c(cnn3CCN(C)C)c2)N(C(=O)c2cc3c4c(c(N)nc3cc2F)COC4)C1. The van der Waals surface area contributed by atoms with Crippen molar-refractivity contribution in [3.05, 3.63) is 64.6 Å². The number of benzene rings is 2. The summed E-state index contributed by atoms with van der Waals surface area (Å²) in [4.78, 5) is 22.3. The van der Waals surface area contributed by atoms with E-state index in [1.807, 2.05) is 29.9 Å². The van der Waals surface area contributed by atoms with Crippen molar-refractivity contribution in [3.63, 3.8) is 0 Å². The molecule has 0 aliphatic carbocycles. The molecule has 0 unspecified atom stereocenters. The van der Waals surface area contributed by atoms with Gasteiger partial charge >= 0.3 is 0 Å². The molecule has 2 aliphatic heterocycles. The highest BCUT2D eigenvalue weighted by molar-refractivity contribution is 6.00. The lowest BCUT2D eigenvalue weighted by molar-refractivity contribution is 0.0540. The first-order chi connectivity index (χ1) is 18.3. The van der Waals surface area contributed by atoms with Crippen molar-refractivity contribution in [1.29, 1.82) is 0 Å². The lowest BCUT2D eigenvalue weighted by Gasteiger charge is -2.39. The van der Waals surface area contributed by atoms with Crippen LogP contribution in [0.3, 0.4) is 0 Å². The van der Waals surface area contributed by atoms with E-state index in [0.29, 0.717) is 37.0 Å². The van der Waals surface area contributed by atoms with Gasteiger partial charge in [0.2, 0.25) is 0 Å². The van der Waals surface area contributed by atoms with E-state index in [-0.39, 0.29) is 17.5 Å². The highest BCUT2D eigenvalue weighted by Gasteiger charge is 2.33. The van der Waals surface area contributed by atoms with E-state index in [1.54, 1.807) is 6.07 Å². The number of likely N-dealkylation sites (N-methyl/N-ethyl adjacent to an activating group) is 1. The standard InChI is InChI=1S/C29H33FN6O2/c1-17-4-6-26(18-5-7-27-19(10-18)13-32-36(27)9-8-34(2)3)35(14-17)29(37)21-11-20-22-15-38-16-23(22)28(31)33-25(20)12-24(21)30/h5,7,10-13,17,26H,4,6,8-9,14-16H2,1-3H3,(H2,31,33)/t17-,26+/m1/s1. The van der Waals surface area contributed by atoms with E-state index in [2.05, 4.69) is 40.1 Å². The third-order valence-corrected chi connectivity index (χ3v) is 7.94. The number of ether oxygens (including phenoxy) is 1. The maximum Gasteiger partial charge on any atom is 0.257 e. The van der Waals surface area contributed by atoms with Crippen LogP contribution < -0.4 is 5.73 Å². The molecule has 38 heavy (non-hydrogen) atoms. The largest absolute Gasteiger partial charge is 0.383 e. The smallest absolute Gasteiger partial charge is 0.257 e. The van der Waals surface area contributed by atoms with Crippen LogP contribution in [0.15, 0.2) is 36.5 Å². The Balaban J connectivity index is 1.36. The number of piperidine rings is 1. The molecule has 0 spiro atoms. The Morgan fingerprint density at radius 1 is 1.18 bits per heavy atom. The van der Waals surface area contributed by atoms with Gasteiger partial charge in [0.15, 0.2) is 0 Å². The number of hydrogen-bond acceptors (Lipinski definition) is 6. The average molecular weight is 517 g/mol. The summed E-state index contributed by atoms with van der Waals surface area (Å²) in [5.74, 6) is -0.195. The molecule has 2 aliphatic rings. The Bertz CT molecular complexity index is 1550. The molecule has 2 N–H and O–H groups in total. The van der Waals surface area contributed by atoms with Gasteiger partial charge in [0.25, 0.3) is 5.91 Å². The van der Waals surface area contributed by atoms with Crippen LogP contribution >= 0.6 is 0 Å². The predicted molar refractivity (Wildman–Crippen MR) is 145 cm³/mol. The fraction of sp³-hybridized carbons (Fsp3) is 0.414. The quantitative estimate of drug-likeness (QED) is 0.420. The summed E-state index contributed by atoms with van der Waals surface area (Å²) in [5.41, 5.74) is 10.4. The zero-order valence-electron chi connectivity index (χ0n) is 22.1. The van der Waals surface area contributed by atoms with Crippen molar-refractivity contribution in [2.75, 3.05) is 32.9 Å². The van der Waals surface area contributed by atoms with E-state index in [9.17, 15) is 4.79 Å². The number of carbonyl (C=O) groups is 1. The minimum absolute atomic E-state index is 0.0647. The third kappa shape index (κ3) is 4.29. The Kier molecular flexibility index (Phi) is 6.28. The molecule has 1 saturated heterocycles. The Morgan fingerprint density at radius 2 is 2.00 bits per heavy atom. The van der Waals surface area contributed by atoms with E-state index in [1.165, 1.54) is 6.07 Å². The predicted octanol–water partition coefficient (Wildman–Crippen LogP) is 4.51. The molecule has 0 saturated carbocycles. The normalized spacial score (nSPS) is 19.6. The summed E-state index contributed by atoms with van der Waals surface area (Å²) in [5, 5.41) is 6.35. The number of rotatable bonds is 5. The lowest BCUT2D eigenvalue weighted by atomic mass is 9.88. The number of nitrogens with two attached hydrogens (primary N) is 1. The molecule has 1 fully saturated rings. The molecule has 4 heterocycles. The van der Waals surface area contributed by atoms with Gasteiger partial charge in [0.05, 0.1) is 48.6 Å². The van der Waals surface area contributed by atoms with Gasteiger partial charge in [-0.3, -0.25) is 9.48 Å². The van der Waals surface area contributed by atoms with Crippen LogP contribution in [0.25, 0.3) is 21.8 Å². The van der Waals surface area contributed by atoms with Crippen molar-refractivity contribution >= 4 is 33.5 Å². The number of halogens is 1. The van der Waals surface area contributed by atoms with Crippen molar-refractivity contribution < 1.29 is 13.9 Å². The fourth-order valence-corrected chi connectivity index (χ4v) is 5.82. The van der Waals surface area contributed by atoms with Gasteiger partial charge in [0, 0.05) is 35.5 Å². The molecule has 0 bridgehead atoms. The number of pyridine rings is 1. The number of aromatic nitrogens is 3. The summed E-state index contributed by atoms with van der Waals surface area (Å²) in [6.07, 6.45) is 3.71. The number of nitrogens with zero attached hydrogens (tertiary/aromatic N) is 5. The number of carbonyl (C=O) groups excluding carboxylic acids is 1. The lowest BCUT2D eigenvalue weighted by Crippen LogP contribution is -2.42. The summed E-state index contributed by atoms with van der Waals surface area (Å²) < 4.78 is 23.0. The Hall–Kier alpha value is -3.56. The van der Waals surface area contributed by atoms with Gasteiger partial charge in [-0.25, -0.2) is 9.37 Å². The second-order valence-electron chi connectivity index (χ2n) is 10.9. The van der Waals surface area contributed by atoms with Crippen LogP contribution in [0.4, 0.5) is 10.2 Å². The summed E-state index contributed by atoms with van der Waals surface area (Å²) in [6.45, 7) is 5.17. The minimum atomic E-state index is -0.581. The molecule has 198 valence electrons. The maximum absolute atomic E-state index is 15.4. The molecule has 4 aromatic rings. The number of anilines is 1. The minimum Gasteiger partial charge on any atom is -0.383 e. The molecular weight excluding hydrogens is 483 g/mol. The summed E-state index contributed by atoms with van der Waals surface area (Å²) in [7, 11) is 4.09. The van der Waals surface area contributed by atoms with Crippen LogP contribution in [0.5, 0.6) is 0 Å². The molecular formula is C29H33FN6O2. The van der Waals surface area contributed by atoms with Crippen LogP contribution in [-0.4, -0.2) is 57.7 Å². The third-order valence-electron chi connectivity index (χ3n) is 7.94. The van der Waals surface area contributed by atoms with Gasteiger partial charge in [-0.1, -0.05) is 13.0 Å². The van der Waals surface area contributed by atoms with Crippen LogP contribution in [0, 0.1) is 11.7 Å². The van der Waals surface area contributed by atoms with E-state index in [0.717, 1.165) is 58.9 Å². The van der Waals surface area contributed by atoms with Crippen molar-refractivity contribution in [1.82, 2.24) is 24.6 Å². The highest BCUT2D eigenvalue weighted by Crippen LogP contribution is 2.37. The summed E-state index contributed by atoms with van der Waals surface area (Å²) >= 11 is 0. The van der Waals surface area contributed by atoms with Crippen molar-refractivity contribution in [2.24, 2.45) is 5.92 Å². The number of nitrogen functional groups attached to an aromatic ring is 1. The average Bonchev–Trinajstić information content (AvgIpc) is 3.54. The second-order valence-corrected chi connectivity index (χ2v) is 10.9. The van der Waals surface area contributed by atoms with Gasteiger partial charge in [-0.05, 0) is 62.2 Å². The Morgan fingerprint density at radius 3 is 2.82 bits per heavy atom. The number of hydrogen-bond donors (Lipinski definition) is 1. The molecule has 9 heteroatoms. The van der Waals surface area contributed by atoms with Gasteiger partial charge < -0.3 is 20.3 Å². The number of amides is 1. The van der Waals surface area contributed by atoms with Crippen LogP contribution in [0.2, 0.25) is 0 Å².